The minimum Gasteiger partial charge on any atom is -0.497 e. The Hall–Kier alpha value is -1.07. The molecule has 0 spiro atoms. The molecule has 0 saturated carbocycles. The van der Waals surface area contributed by atoms with Crippen LogP contribution >= 0.6 is 27.5 Å². The van der Waals surface area contributed by atoms with Crippen molar-refractivity contribution >= 4 is 27.5 Å². The Morgan fingerprint density at radius 2 is 2.24 bits per heavy atom. The van der Waals surface area contributed by atoms with Crippen molar-refractivity contribution in [1.82, 2.24) is 10.2 Å². The SMILES string of the molecule is COc1ccc(Br)c(-c2nnc(CCCl)o2)c1. The van der Waals surface area contributed by atoms with Gasteiger partial charge in [0.25, 0.3) is 0 Å². The second-order valence-corrected chi connectivity index (χ2v) is 4.52. The van der Waals surface area contributed by atoms with Gasteiger partial charge in [-0.05, 0) is 34.1 Å². The highest BCUT2D eigenvalue weighted by Crippen LogP contribution is 2.30. The number of aryl methyl sites for hydroxylation is 1. The zero-order valence-corrected chi connectivity index (χ0v) is 11.5. The lowest BCUT2D eigenvalue weighted by molar-refractivity contribution is 0.414. The summed E-state index contributed by atoms with van der Waals surface area (Å²) in [6.07, 6.45) is 0.566. The van der Waals surface area contributed by atoms with Crippen LogP contribution in [0.1, 0.15) is 5.89 Å². The van der Waals surface area contributed by atoms with Crippen LogP contribution in [0.2, 0.25) is 0 Å². The lowest BCUT2D eigenvalue weighted by atomic mass is 10.2. The Morgan fingerprint density at radius 3 is 2.94 bits per heavy atom. The fourth-order valence-corrected chi connectivity index (χ4v) is 1.92. The highest BCUT2D eigenvalue weighted by atomic mass is 79.9. The molecule has 1 aromatic carbocycles. The van der Waals surface area contributed by atoms with E-state index in [0.717, 1.165) is 15.8 Å². The van der Waals surface area contributed by atoms with Gasteiger partial charge in [-0.15, -0.1) is 21.8 Å². The number of methoxy groups -OCH3 is 1. The van der Waals surface area contributed by atoms with E-state index in [2.05, 4.69) is 26.1 Å². The third-order valence-electron chi connectivity index (χ3n) is 2.18. The zero-order chi connectivity index (χ0) is 12.3. The van der Waals surface area contributed by atoms with E-state index in [0.29, 0.717) is 24.1 Å². The van der Waals surface area contributed by atoms with Crippen LogP contribution in [0.4, 0.5) is 0 Å². The monoisotopic (exact) mass is 316 g/mol. The van der Waals surface area contributed by atoms with E-state index in [1.807, 2.05) is 18.2 Å². The second-order valence-electron chi connectivity index (χ2n) is 3.29. The molecule has 0 radical (unpaired) electrons. The van der Waals surface area contributed by atoms with Crippen molar-refractivity contribution in [2.75, 3.05) is 13.0 Å². The molecule has 4 nitrogen and oxygen atoms in total. The van der Waals surface area contributed by atoms with Gasteiger partial charge in [-0.1, -0.05) is 0 Å². The standard InChI is InChI=1S/C11H10BrClN2O2/c1-16-7-2-3-9(12)8(6-7)11-15-14-10(17-11)4-5-13/h2-3,6H,4-5H2,1H3. The van der Waals surface area contributed by atoms with Crippen molar-refractivity contribution in [2.24, 2.45) is 0 Å². The van der Waals surface area contributed by atoms with E-state index in [1.54, 1.807) is 7.11 Å². The number of hydrogen-bond acceptors (Lipinski definition) is 4. The summed E-state index contributed by atoms with van der Waals surface area (Å²) in [5.41, 5.74) is 0.803. The number of nitrogens with zero attached hydrogens (tertiary/aromatic N) is 2. The van der Waals surface area contributed by atoms with Crippen molar-refractivity contribution in [1.29, 1.82) is 0 Å². The predicted octanol–water partition coefficient (Wildman–Crippen LogP) is 3.29. The first-order valence-corrected chi connectivity index (χ1v) is 6.29. The van der Waals surface area contributed by atoms with Crippen LogP contribution < -0.4 is 4.74 Å². The molecule has 0 amide bonds. The molecule has 0 aliphatic rings. The number of ether oxygens (including phenoxy) is 1. The molecule has 90 valence electrons. The Kier molecular flexibility index (Phi) is 4.02. The third-order valence-corrected chi connectivity index (χ3v) is 3.06. The summed E-state index contributed by atoms with van der Waals surface area (Å²) in [7, 11) is 1.61. The average molecular weight is 318 g/mol. The van der Waals surface area contributed by atoms with Gasteiger partial charge in [0.15, 0.2) is 0 Å². The van der Waals surface area contributed by atoms with E-state index < -0.39 is 0 Å². The first-order chi connectivity index (χ1) is 8.24. The van der Waals surface area contributed by atoms with Gasteiger partial charge < -0.3 is 9.15 Å². The summed E-state index contributed by atoms with van der Waals surface area (Å²) >= 11 is 9.05. The highest BCUT2D eigenvalue weighted by molar-refractivity contribution is 9.10. The van der Waals surface area contributed by atoms with Gasteiger partial charge in [-0.2, -0.15) is 0 Å². The van der Waals surface area contributed by atoms with Crippen LogP contribution in [-0.4, -0.2) is 23.2 Å². The summed E-state index contributed by atoms with van der Waals surface area (Å²) in [4.78, 5) is 0. The lowest BCUT2D eigenvalue weighted by Crippen LogP contribution is -1.85. The topological polar surface area (TPSA) is 48.2 Å². The summed E-state index contributed by atoms with van der Waals surface area (Å²) < 4.78 is 11.5. The van der Waals surface area contributed by atoms with Gasteiger partial charge in [0.05, 0.1) is 12.7 Å². The molecule has 0 aliphatic carbocycles. The molecule has 0 atom stereocenters. The van der Waals surface area contributed by atoms with Gasteiger partial charge in [-0.25, -0.2) is 0 Å². The van der Waals surface area contributed by atoms with Crippen LogP contribution in [0.25, 0.3) is 11.5 Å². The molecule has 1 aromatic heterocycles. The van der Waals surface area contributed by atoms with Gasteiger partial charge in [0.2, 0.25) is 11.8 Å². The summed E-state index contributed by atoms with van der Waals surface area (Å²) in [6.45, 7) is 0. The molecule has 2 aromatic rings. The van der Waals surface area contributed by atoms with E-state index in [-0.39, 0.29) is 0 Å². The van der Waals surface area contributed by atoms with Crippen LogP contribution in [0, 0.1) is 0 Å². The Bertz CT molecular complexity index is 516. The van der Waals surface area contributed by atoms with Crippen molar-refractivity contribution < 1.29 is 9.15 Å². The molecule has 0 fully saturated rings. The predicted molar refractivity (Wildman–Crippen MR) is 68.4 cm³/mol. The Labute approximate surface area is 112 Å². The number of alkyl halides is 1. The van der Waals surface area contributed by atoms with E-state index in [4.69, 9.17) is 20.8 Å². The summed E-state index contributed by atoms with van der Waals surface area (Å²) in [5.74, 6) is 2.18. The maximum absolute atomic E-state index is 5.61. The fraction of sp³-hybridized carbons (Fsp3) is 0.273. The summed E-state index contributed by atoms with van der Waals surface area (Å²) in [6, 6.07) is 5.56. The Balaban J connectivity index is 2.37. The van der Waals surface area contributed by atoms with Crippen LogP contribution in [-0.2, 0) is 6.42 Å². The zero-order valence-electron chi connectivity index (χ0n) is 9.11. The molecule has 0 unspecified atom stereocenters. The lowest BCUT2D eigenvalue weighted by Gasteiger charge is -2.03. The molecule has 0 aliphatic heterocycles. The number of benzene rings is 1. The third kappa shape index (κ3) is 2.79. The highest BCUT2D eigenvalue weighted by Gasteiger charge is 2.12. The molecule has 2 rings (SSSR count). The number of halogens is 2. The van der Waals surface area contributed by atoms with E-state index in [9.17, 15) is 0 Å². The molecule has 0 N–H and O–H groups in total. The van der Waals surface area contributed by atoms with Gasteiger partial charge in [0.1, 0.15) is 5.75 Å². The number of hydrogen-bond donors (Lipinski definition) is 0. The maximum Gasteiger partial charge on any atom is 0.249 e. The molecule has 1 heterocycles. The smallest absolute Gasteiger partial charge is 0.249 e. The molecular formula is C11H10BrClN2O2. The summed E-state index contributed by atoms with van der Waals surface area (Å²) in [5, 5.41) is 7.90. The van der Waals surface area contributed by atoms with Crippen molar-refractivity contribution in [2.45, 2.75) is 6.42 Å². The van der Waals surface area contributed by atoms with Crippen molar-refractivity contribution in [3.8, 4) is 17.2 Å². The van der Waals surface area contributed by atoms with Gasteiger partial charge in [-0.3, -0.25) is 0 Å². The number of aromatic nitrogens is 2. The van der Waals surface area contributed by atoms with E-state index >= 15 is 0 Å². The fourth-order valence-electron chi connectivity index (χ4n) is 1.34. The molecule has 6 heteroatoms. The van der Waals surface area contributed by atoms with Gasteiger partial charge in [0, 0.05) is 16.8 Å². The molecule has 17 heavy (non-hydrogen) atoms. The molecule has 0 bridgehead atoms. The maximum atomic E-state index is 5.61. The average Bonchev–Trinajstić information content (AvgIpc) is 2.79. The Morgan fingerprint density at radius 1 is 1.41 bits per heavy atom. The second kappa shape index (κ2) is 5.51. The molecular weight excluding hydrogens is 307 g/mol. The number of rotatable bonds is 4. The van der Waals surface area contributed by atoms with Crippen LogP contribution in [0.3, 0.4) is 0 Å². The van der Waals surface area contributed by atoms with E-state index in [1.165, 1.54) is 0 Å². The van der Waals surface area contributed by atoms with Crippen LogP contribution in [0.5, 0.6) is 5.75 Å². The van der Waals surface area contributed by atoms with Gasteiger partial charge >= 0.3 is 0 Å². The first-order valence-electron chi connectivity index (χ1n) is 4.97. The quantitative estimate of drug-likeness (QED) is 0.812. The largest absolute Gasteiger partial charge is 0.497 e. The van der Waals surface area contributed by atoms with Crippen LogP contribution in [0.15, 0.2) is 27.1 Å². The van der Waals surface area contributed by atoms with Crippen molar-refractivity contribution in [3.05, 3.63) is 28.6 Å². The minimum absolute atomic E-state index is 0.455. The normalized spacial score (nSPS) is 10.5. The first kappa shape index (κ1) is 12.4. The van der Waals surface area contributed by atoms with Crippen molar-refractivity contribution in [3.63, 3.8) is 0 Å². The molecule has 0 saturated heterocycles. The minimum atomic E-state index is 0.455.